The van der Waals surface area contributed by atoms with Crippen LogP contribution >= 0.6 is 0 Å². The van der Waals surface area contributed by atoms with Crippen molar-refractivity contribution >= 4 is 5.97 Å². The van der Waals surface area contributed by atoms with Crippen molar-refractivity contribution in [2.75, 3.05) is 19.7 Å². The average molecular weight is 333 g/mol. The lowest BCUT2D eigenvalue weighted by Gasteiger charge is -2.34. The predicted molar refractivity (Wildman–Crippen MR) is 90.0 cm³/mol. The zero-order chi connectivity index (χ0) is 18.3. The maximum atomic E-state index is 12.5. The Morgan fingerprint density at radius 3 is 2.09 bits per heavy atom. The molecule has 6 nitrogen and oxygen atoms in total. The maximum absolute atomic E-state index is 12.5. The van der Waals surface area contributed by atoms with Crippen molar-refractivity contribution in [2.45, 2.75) is 84.8 Å². The molecule has 138 valence electrons. The van der Waals surface area contributed by atoms with Crippen LogP contribution in [0.2, 0.25) is 0 Å². The molecule has 0 saturated heterocycles. The number of aliphatic hydroxyl groups excluding tert-OH is 2. The number of nitrogens with zero attached hydrogens (tertiary/aromatic N) is 1. The van der Waals surface area contributed by atoms with Gasteiger partial charge in [-0.05, 0) is 48.0 Å². The zero-order valence-corrected chi connectivity index (χ0v) is 15.8. The third-order valence-electron chi connectivity index (χ3n) is 2.95. The van der Waals surface area contributed by atoms with Gasteiger partial charge in [-0.25, -0.2) is 0 Å². The average Bonchev–Trinajstić information content (AvgIpc) is 2.30. The Morgan fingerprint density at radius 2 is 1.70 bits per heavy atom. The molecule has 0 saturated carbocycles. The number of esters is 1. The fourth-order valence-electron chi connectivity index (χ4n) is 2.24. The molecule has 0 radical (unpaired) electrons. The van der Waals surface area contributed by atoms with E-state index in [9.17, 15) is 15.0 Å². The highest BCUT2D eigenvalue weighted by Gasteiger charge is 2.31. The first-order valence-electron chi connectivity index (χ1n) is 8.33. The van der Waals surface area contributed by atoms with Crippen LogP contribution in [-0.2, 0) is 14.3 Å². The van der Waals surface area contributed by atoms with Gasteiger partial charge in [0.05, 0.1) is 18.8 Å². The highest BCUT2D eigenvalue weighted by atomic mass is 16.6. The molecular formula is C17H35NO5. The summed E-state index contributed by atoms with van der Waals surface area (Å²) in [6, 6.07) is -0.510. The van der Waals surface area contributed by atoms with E-state index < -0.39 is 23.5 Å². The van der Waals surface area contributed by atoms with Gasteiger partial charge < -0.3 is 19.7 Å². The second-order valence-electron chi connectivity index (χ2n) is 7.74. The van der Waals surface area contributed by atoms with Crippen molar-refractivity contribution < 1.29 is 24.5 Å². The van der Waals surface area contributed by atoms with Crippen molar-refractivity contribution in [3.8, 4) is 0 Å². The molecule has 1 unspecified atom stereocenters. The first kappa shape index (κ1) is 22.3. The second kappa shape index (κ2) is 9.57. The minimum atomic E-state index is -1.04. The molecule has 2 N–H and O–H groups in total. The second-order valence-corrected chi connectivity index (χ2v) is 7.74. The van der Waals surface area contributed by atoms with Crippen LogP contribution in [0.25, 0.3) is 0 Å². The van der Waals surface area contributed by atoms with Crippen molar-refractivity contribution in [3.63, 3.8) is 0 Å². The third-order valence-corrected chi connectivity index (χ3v) is 2.95. The number of carbonyl (C=O) groups is 1. The summed E-state index contributed by atoms with van der Waals surface area (Å²) in [5.41, 5.74) is -1.06. The molecule has 0 spiro atoms. The van der Waals surface area contributed by atoms with Gasteiger partial charge in [0, 0.05) is 6.54 Å². The van der Waals surface area contributed by atoms with E-state index in [1.165, 1.54) is 0 Å². The molecule has 0 rings (SSSR count). The smallest absolute Gasteiger partial charge is 0.323 e. The largest absolute Gasteiger partial charge is 0.459 e. The molecule has 0 heterocycles. The van der Waals surface area contributed by atoms with Crippen LogP contribution in [0.15, 0.2) is 0 Å². The first-order valence-corrected chi connectivity index (χ1v) is 8.33. The number of rotatable bonds is 9. The van der Waals surface area contributed by atoms with E-state index in [0.29, 0.717) is 6.42 Å². The Kier molecular flexibility index (Phi) is 9.28. The van der Waals surface area contributed by atoms with Gasteiger partial charge in [-0.1, -0.05) is 13.3 Å². The van der Waals surface area contributed by atoms with Crippen LogP contribution in [0.1, 0.15) is 61.3 Å². The van der Waals surface area contributed by atoms with Gasteiger partial charge in [-0.15, -0.1) is 0 Å². The highest BCUT2D eigenvalue weighted by molar-refractivity contribution is 5.76. The van der Waals surface area contributed by atoms with Crippen LogP contribution in [0.4, 0.5) is 0 Å². The summed E-state index contributed by atoms with van der Waals surface area (Å²) in [5, 5.41) is 19.4. The summed E-state index contributed by atoms with van der Waals surface area (Å²) in [4.78, 5) is 14.2. The van der Waals surface area contributed by atoms with Gasteiger partial charge in [0.25, 0.3) is 0 Å². The highest BCUT2D eigenvalue weighted by Crippen LogP contribution is 2.17. The minimum absolute atomic E-state index is 0.106. The Hall–Kier alpha value is -0.690. The van der Waals surface area contributed by atoms with Gasteiger partial charge in [-0.3, -0.25) is 9.69 Å². The van der Waals surface area contributed by atoms with Crippen LogP contribution < -0.4 is 0 Å². The van der Waals surface area contributed by atoms with Crippen molar-refractivity contribution in [1.29, 1.82) is 0 Å². The van der Waals surface area contributed by atoms with E-state index in [2.05, 4.69) is 0 Å². The minimum Gasteiger partial charge on any atom is -0.459 e. The van der Waals surface area contributed by atoms with Crippen molar-refractivity contribution in [3.05, 3.63) is 0 Å². The molecule has 6 heteroatoms. The predicted octanol–water partition coefficient (Wildman–Crippen LogP) is 1.92. The van der Waals surface area contributed by atoms with E-state index in [0.717, 1.165) is 6.42 Å². The Balaban J connectivity index is 5.04. The molecule has 0 aromatic carbocycles. The number of ether oxygens (including phenoxy) is 2. The lowest BCUT2D eigenvalue weighted by molar-refractivity contribution is -0.183. The molecular weight excluding hydrogens is 298 g/mol. The van der Waals surface area contributed by atoms with Gasteiger partial charge in [0.15, 0.2) is 6.29 Å². The Morgan fingerprint density at radius 1 is 1.13 bits per heavy atom. The summed E-state index contributed by atoms with van der Waals surface area (Å²) < 4.78 is 11.0. The quantitative estimate of drug-likeness (QED) is 0.496. The standard InChI is InChI=1S/C17H35NO5/c1-8-9-13(15(21)23-17(5,6)7)18(10-11-19)12-14(20)22-16(2,3)4/h13-14,19-20H,8-12H2,1-7H3/t13?,14-/m1/s1. The third kappa shape index (κ3) is 10.7. The van der Waals surface area contributed by atoms with Gasteiger partial charge in [-0.2, -0.15) is 0 Å². The molecule has 2 atom stereocenters. The van der Waals surface area contributed by atoms with E-state index in [1.54, 1.807) is 4.90 Å². The molecule has 0 aromatic heterocycles. The van der Waals surface area contributed by atoms with Crippen LogP contribution in [0.5, 0.6) is 0 Å². The molecule has 0 aliphatic carbocycles. The lowest BCUT2D eigenvalue weighted by Crippen LogP contribution is -2.49. The fraction of sp³-hybridized carbons (Fsp3) is 0.941. The molecule has 0 aliphatic heterocycles. The molecule has 23 heavy (non-hydrogen) atoms. The summed E-state index contributed by atoms with van der Waals surface area (Å²) >= 11 is 0. The molecule has 0 aromatic rings. The van der Waals surface area contributed by atoms with Crippen LogP contribution in [0, 0.1) is 0 Å². The maximum Gasteiger partial charge on any atom is 0.323 e. The molecule has 0 fully saturated rings. The van der Waals surface area contributed by atoms with E-state index >= 15 is 0 Å². The normalized spacial score (nSPS) is 15.6. The van der Waals surface area contributed by atoms with Gasteiger partial charge in [0.2, 0.25) is 0 Å². The summed E-state index contributed by atoms with van der Waals surface area (Å²) in [7, 11) is 0. The lowest BCUT2D eigenvalue weighted by atomic mass is 10.1. The monoisotopic (exact) mass is 333 g/mol. The SMILES string of the molecule is CCCC(C(=O)OC(C)(C)C)N(CCO)C[C@H](O)OC(C)(C)C. The number of hydrogen-bond acceptors (Lipinski definition) is 6. The summed E-state index contributed by atoms with van der Waals surface area (Å²) in [6.07, 6.45) is 0.350. The number of hydrogen-bond donors (Lipinski definition) is 2. The summed E-state index contributed by atoms with van der Waals surface area (Å²) in [6.45, 7) is 13.3. The van der Waals surface area contributed by atoms with Crippen LogP contribution in [0.3, 0.4) is 0 Å². The topological polar surface area (TPSA) is 79.2 Å². The van der Waals surface area contributed by atoms with Crippen molar-refractivity contribution in [1.82, 2.24) is 4.90 Å². The van der Waals surface area contributed by atoms with Gasteiger partial charge >= 0.3 is 5.97 Å². The fourth-order valence-corrected chi connectivity index (χ4v) is 2.24. The van der Waals surface area contributed by atoms with E-state index in [4.69, 9.17) is 9.47 Å². The van der Waals surface area contributed by atoms with Crippen LogP contribution in [-0.4, -0.2) is 64.3 Å². The zero-order valence-electron chi connectivity index (χ0n) is 15.8. The Bertz CT molecular complexity index is 346. The Labute approximate surface area is 140 Å². The van der Waals surface area contributed by atoms with E-state index in [-0.39, 0.29) is 25.7 Å². The first-order chi connectivity index (χ1) is 10.4. The van der Waals surface area contributed by atoms with Crippen molar-refractivity contribution in [2.24, 2.45) is 0 Å². The summed E-state index contributed by atoms with van der Waals surface area (Å²) in [5.74, 6) is -0.337. The van der Waals surface area contributed by atoms with Gasteiger partial charge in [0.1, 0.15) is 11.6 Å². The number of aliphatic hydroxyl groups is 2. The molecule has 0 aliphatic rings. The molecule has 0 bridgehead atoms. The number of carbonyl (C=O) groups excluding carboxylic acids is 1. The molecule has 0 amide bonds. The van der Waals surface area contributed by atoms with E-state index in [1.807, 2.05) is 48.5 Å².